The molecule has 1 aromatic heterocycles. The van der Waals surface area contributed by atoms with E-state index in [-0.39, 0.29) is 36.1 Å². The zero-order valence-corrected chi connectivity index (χ0v) is 18.8. The number of nitrogens with one attached hydrogen (secondary N) is 2. The fourth-order valence-corrected chi connectivity index (χ4v) is 2.38. The fraction of sp³-hybridized carbons (Fsp3) is 0.368. The van der Waals surface area contributed by atoms with Gasteiger partial charge in [-0.05, 0) is 23.3 Å². The van der Waals surface area contributed by atoms with Gasteiger partial charge in [-0.15, -0.1) is 24.0 Å². The molecule has 30 heavy (non-hydrogen) atoms. The van der Waals surface area contributed by atoms with Crippen LogP contribution in [0.5, 0.6) is 5.88 Å². The summed E-state index contributed by atoms with van der Waals surface area (Å²) in [6.07, 6.45) is -3.03. The first-order valence-electron chi connectivity index (χ1n) is 8.70. The summed E-state index contributed by atoms with van der Waals surface area (Å²) in [6, 6.07) is 6.08. The average molecular weight is 542 g/mol. The van der Waals surface area contributed by atoms with Crippen molar-refractivity contribution >= 4 is 29.9 Å². The molecule has 0 aliphatic rings. The monoisotopic (exact) mass is 542 g/mol. The van der Waals surface area contributed by atoms with E-state index in [0.717, 1.165) is 17.7 Å². The van der Waals surface area contributed by atoms with E-state index in [9.17, 15) is 17.6 Å². The lowest BCUT2D eigenvalue weighted by Crippen LogP contribution is -2.36. The average Bonchev–Trinajstić information content (AvgIpc) is 2.69. The number of pyridine rings is 1. The van der Waals surface area contributed by atoms with Gasteiger partial charge in [0.25, 0.3) is 0 Å². The first-order valence-corrected chi connectivity index (χ1v) is 8.70. The van der Waals surface area contributed by atoms with Crippen molar-refractivity contribution in [2.24, 2.45) is 4.99 Å². The summed E-state index contributed by atoms with van der Waals surface area (Å²) in [5.41, 5.74) is -0.278. The van der Waals surface area contributed by atoms with Crippen LogP contribution in [0.4, 0.5) is 17.6 Å². The quantitative estimate of drug-likeness (QED) is 0.175. The highest BCUT2D eigenvalue weighted by Crippen LogP contribution is 2.32. The van der Waals surface area contributed by atoms with Gasteiger partial charge >= 0.3 is 6.18 Å². The Morgan fingerprint density at radius 3 is 2.43 bits per heavy atom. The molecule has 166 valence electrons. The van der Waals surface area contributed by atoms with Gasteiger partial charge in [0.1, 0.15) is 12.4 Å². The highest BCUT2D eigenvalue weighted by atomic mass is 127. The number of methoxy groups -OCH3 is 1. The number of rotatable bonds is 8. The zero-order chi connectivity index (χ0) is 21.3. The van der Waals surface area contributed by atoms with Crippen molar-refractivity contribution in [3.05, 3.63) is 59.0 Å². The van der Waals surface area contributed by atoms with Crippen LogP contribution in [-0.4, -0.2) is 38.3 Å². The lowest BCUT2D eigenvalue weighted by atomic mass is 10.1. The van der Waals surface area contributed by atoms with Gasteiger partial charge in [0.05, 0.1) is 12.2 Å². The summed E-state index contributed by atoms with van der Waals surface area (Å²) in [5, 5.41) is 5.77. The van der Waals surface area contributed by atoms with Crippen molar-refractivity contribution in [2.45, 2.75) is 19.3 Å². The third-order valence-electron chi connectivity index (χ3n) is 3.84. The van der Waals surface area contributed by atoms with E-state index in [0.29, 0.717) is 37.7 Å². The van der Waals surface area contributed by atoms with Crippen molar-refractivity contribution in [1.29, 1.82) is 0 Å². The normalized spacial score (nSPS) is 11.6. The van der Waals surface area contributed by atoms with Gasteiger partial charge in [0, 0.05) is 39.5 Å². The summed E-state index contributed by atoms with van der Waals surface area (Å²) in [7, 11) is 3.07. The largest absolute Gasteiger partial charge is 0.475 e. The lowest BCUT2D eigenvalue weighted by molar-refractivity contribution is -0.138. The molecule has 0 aliphatic carbocycles. The van der Waals surface area contributed by atoms with Crippen LogP contribution in [0.2, 0.25) is 0 Å². The third kappa shape index (κ3) is 8.30. The minimum atomic E-state index is -4.64. The number of alkyl halides is 3. The standard InChI is InChI=1S/C19H22F4N4O2.HI/c1-24-18(26-11-13-3-6-17(25-10-13)29-8-7-28-2)27-12-14-4-5-15(20)9-16(14)19(21,22)23;/h3-6,9-10H,7-8,11-12H2,1-2H3,(H2,24,26,27);1H. The van der Waals surface area contributed by atoms with Crippen molar-refractivity contribution in [3.63, 3.8) is 0 Å². The Morgan fingerprint density at radius 1 is 1.10 bits per heavy atom. The summed E-state index contributed by atoms with van der Waals surface area (Å²) >= 11 is 0. The van der Waals surface area contributed by atoms with Crippen LogP contribution in [0.25, 0.3) is 0 Å². The number of halogens is 5. The Balaban J connectivity index is 0.00000450. The van der Waals surface area contributed by atoms with Crippen LogP contribution in [0.3, 0.4) is 0 Å². The number of aliphatic imine (C=N–C) groups is 1. The molecular formula is C19H23F4IN4O2. The minimum absolute atomic E-state index is 0. The molecule has 0 fully saturated rings. The van der Waals surface area contributed by atoms with Crippen LogP contribution < -0.4 is 15.4 Å². The maximum absolute atomic E-state index is 13.2. The Labute approximate surface area is 189 Å². The minimum Gasteiger partial charge on any atom is -0.475 e. The molecule has 0 unspecified atom stereocenters. The van der Waals surface area contributed by atoms with Gasteiger partial charge in [-0.1, -0.05) is 12.1 Å². The molecule has 0 aliphatic heterocycles. The second kappa shape index (κ2) is 12.5. The first-order chi connectivity index (χ1) is 13.8. The summed E-state index contributed by atoms with van der Waals surface area (Å²) in [6.45, 7) is 1.03. The number of hydrogen-bond donors (Lipinski definition) is 2. The van der Waals surface area contributed by atoms with Crippen molar-refractivity contribution < 1.29 is 27.0 Å². The molecule has 0 saturated heterocycles. The molecule has 0 saturated carbocycles. The highest BCUT2D eigenvalue weighted by Gasteiger charge is 2.33. The van der Waals surface area contributed by atoms with Crippen LogP contribution >= 0.6 is 24.0 Å². The highest BCUT2D eigenvalue weighted by molar-refractivity contribution is 14.0. The Kier molecular flexibility index (Phi) is 10.8. The second-order valence-electron chi connectivity index (χ2n) is 5.92. The summed E-state index contributed by atoms with van der Waals surface area (Å²) < 4.78 is 62.7. The van der Waals surface area contributed by atoms with Gasteiger partial charge < -0.3 is 20.1 Å². The molecule has 0 amide bonds. The number of hydrogen-bond acceptors (Lipinski definition) is 4. The maximum Gasteiger partial charge on any atom is 0.416 e. The molecule has 0 atom stereocenters. The summed E-state index contributed by atoms with van der Waals surface area (Å²) in [5.74, 6) is -0.183. The fourth-order valence-electron chi connectivity index (χ4n) is 2.38. The van der Waals surface area contributed by atoms with E-state index < -0.39 is 17.6 Å². The molecule has 1 heterocycles. The Bertz CT molecular complexity index is 817. The zero-order valence-electron chi connectivity index (χ0n) is 16.4. The third-order valence-corrected chi connectivity index (χ3v) is 3.84. The first kappa shape index (κ1) is 25.9. The van der Waals surface area contributed by atoms with Gasteiger partial charge in [-0.2, -0.15) is 13.2 Å². The smallest absolute Gasteiger partial charge is 0.416 e. The SMILES string of the molecule is CN=C(NCc1ccc(OCCOC)nc1)NCc1ccc(F)cc1C(F)(F)F.I. The number of guanidine groups is 1. The predicted molar refractivity (Wildman–Crippen MR) is 115 cm³/mol. The molecule has 0 spiro atoms. The van der Waals surface area contributed by atoms with Crippen LogP contribution in [0.15, 0.2) is 41.5 Å². The van der Waals surface area contributed by atoms with E-state index in [1.807, 2.05) is 0 Å². The van der Waals surface area contributed by atoms with Crippen LogP contribution in [-0.2, 0) is 24.0 Å². The van der Waals surface area contributed by atoms with Crippen LogP contribution in [0, 0.1) is 5.82 Å². The van der Waals surface area contributed by atoms with E-state index in [1.165, 1.54) is 7.05 Å². The van der Waals surface area contributed by atoms with Gasteiger partial charge in [-0.25, -0.2) is 9.37 Å². The molecule has 2 aromatic rings. The Hall–Kier alpha value is -2.15. The van der Waals surface area contributed by atoms with Gasteiger partial charge in [-0.3, -0.25) is 4.99 Å². The maximum atomic E-state index is 13.2. The van der Waals surface area contributed by atoms with Crippen molar-refractivity contribution in [1.82, 2.24) is 15.6 Å². The number of nitrogens with zero attached hydrogens (tertiary/aromatic N) is 2. The molecule has 6 nitrogen and oxygen atoms in total. The second-order valence-corrected chi connectivity index (χ2v) is 5.92. The molecule has 1 aromatic carbocycles. The summed E-state index contributed by atoms with van der Waals surface area (Å²) in [4.78, 5) is 8.13. The predicted octanol–water partition coefficient (Wildman–Crippen LogP) is 3.75. The van der Waals surface area contributed by atoms with E-state index in [2.05, 4.69) is 20.6 Å². The molecule has 0 radical (unpaired) electrons. The topological polar surface area (TPSA) is 67.8 Å². The van der Waals surface area contributed by atoms with Crippen LogP contribution in [0.1, 0.15) is 16.7 Å². The van der Waals surface area contributed by atoms with E-state index in [4.69, 9.17) is 9.47 Å². The number of benzene rings is 1. The molecular weight excluding hydrogens is 519 g/mol. The lowest BCUT2D eigenvalue weighted by Gasteiger charge is -2.16. The number of ether oxygens (including phenoxy) is 2. The van der Waals surface area contributed by atoms with E-state index >= 15 is 0 Å². The van der Waals surface area contributed by atoms with Gasteiger partial charge in [0.2, 0.25) is 5.88 Å². The molecule has 2 rings (SSSR count). The molecule has 2 N–H and O–H groups in total. The Morgan fingerprint density at radius 2 is 1.83 bits per heavy atom. The molecule has 11 heteroatoms. The van der Waals surface area contributed by atoms with E-state index in [1.54, 1.807) is 25.4 Å². The van der Waals surface area contributed by atoms with Crippen molar-refractivity contribution in [2.75, 3.05) is 27.4 Å². The number of aromatic nitrogens is 1. The van der Waals surface area contributed by atoms with Gasteiger partial charge in [0.15, 0.2) is 5.96 Å². The molecule has 0 bridgehead atoms. The van der Waals surface area contributed by atoms with Crippen molar-refractivity contribution in [3.8, 4) is 5.88 Å².